The van der Waals surface area contributed by atoms with Crippen molar-refractivity contribution < 1.29 is 14.4 Å². The van der Waals surface area contributed by atoms with Gasteiger partial charge >= 0.3 is 0 Å². The van der Waals surface area contributed by atoms with Crippen LogP contribution in [0.15, 0.2) is 36.7 Å². The molecule has 1 atom stereocenters. The van der Waals surface area contributed by atoms with E-state index in [4.69, 9.17) is 5.73 Å². The number of primary amides is 1. The van der Waals surface area contributed by atoms with Gasteiger partial charge in [0.25, 0.3) is 11.8 Å². The Morgan fingerprint density at radius 1 is 1.24 bits per heavy atom. The van der Waals surface area contributed by atoms with Gasteiger partial charge in [0.1, 0.15) is 11.9 Å². The minimum absolute atomic E-state index is 0.0633. The molecule has 21 heavy (non-hydrogen) atoms. The Kier molecular flexibility index (Phi) is 3.02. The molecule has 1 aromatic carbocycles. The van der Waals surface area contributed by atoms with Crippen LogP contribution < -0.4 is 5.73 Å². The lowest BCUT2D eigenvalue weighted by Gasteiger charge is -2.22. The number of carbonyl (C=O) groups is 3. The zero-order valence-corrected chi connectivity index (χ0v) is 10.9. The van der Waals surface area contributed by atoms with Crippen LogP contribution >= 0.6 is 0 Å². The summed E-state index contributed by atoms with van der Waals surface area (Å²) in [6.07, 6.45) is 3.18. The highest BCUT2D eigenvalue weighted by atomic mass is 16.2. The van der Waals surface area contributed by atoms with Crippen LogP contribution in [0.25, 0.3) is 0 Å². The Balaban J connectivity index is 1.96. The molecule has 1 aliphatic heterocycles. The third-order valence-corrected chi connectivity index (χ3v) is 3.41. The summed E-state index contributed by atoms with van der Waals surface area (Å²) < 4.78 is 0. The lowest BCUT2D eigenvalue weighted by molar-refractivity contribution is -0.121. The van der Waals surface area contributed by atoms with Gasteiger partial charge in [-0.3, -0.25) is 19.3 Å². The van der Waals surface area contributed by atoms with Gasteiger partial charge in [-0.05, 0) is 12.1 Å². The lowest BCUT2D eigenvalue weighted by atomic mass is 10.1. The normalized spacial score (nSPS) is 15.1. The van der Waals surface area contributed by atoms with Crippen molar-refractivity contribution in [2.75, 3.05) is 0 Å². The molecule has 0 bridgehead atoms. The molecule has 3 amide bonds. The van der Waals surface area contributed by atoms with Gasteiger partial charge in [-0.25, -0.2) is 4.98 Å². The SMILES string of the molecule is NC(=O)C(Cc1ncc[nH]1)N1C(=O)c2ccccc2C1=O. The van der Waals surface area contributed by atoms with Crippen molar-refractivity contribution in [2.45, 2.75) is 12.5 Å². The molecule has 2 heterocycles. The van der Waals surface area contributed by atoms with Crippen LogP contribution in [0, 0.1) is 0 Å². The van der Waals surface area contributed by atoms with E-state index in [1.54, 1.807) is 30.5 Å². The van der Waals surface area contributed by atoms with Crippen molar-refractivity contribution in [2.24, 2.45) is 5.73 Å². The van der Waals surface area contributed by atoms with E-state index in [-0.39, 0.29) is 17.5 Å². The number of carbonyl (C=O) groups excluding carboxylic acids is 3. The highest BCUT2D eigenvalue weighted by molar-refractivity contribution is 6.22. The first-order chi connectivity index (χ1) is 10.1. The van der Waals surface area contributed by atoms with Crippen LogP contribution in [0.5, 0.6) is 0 Å². The van der Waals surface area contributed by atoms with Gasteiger partial charge in [-0.15, -0.1) is 0 Å². The van der Waals surface area contributed by atoms with Crippen LogP contribution in [-0.4, -0.2) is 38.6 Å². The summed E-state index contributed by atoms with van der Waals surface area (Å²) in [5.74, 6) is -1.28. The maximum Gasteiger partial charge on any atom is 0.262 e. The summed E-state index contributed by atoms with van der Waals surface area (Å²) in [6, 6.07) is 5.38. The van der Waals surface area contributed by atoms with E-state index in [1.807, 2.05) is 0 Å². The summed E-state index contributed by atoms with van der Waals surface area (Å²) in [4.78, 5) is 44.1. The topological polar surface area (TPSA) is 109 Å². The van der Waals surface area contributed by atoms with Crippen LogP contribution in [-0.2, 0) is 11.2 Å². The highest BCUT2D eigenvalue weighted by Crippen LogP contribution is 2.25. The molecular formula is C14H12N4O3. The molecule has 0 aliphatic carbocycles. The second-order valence-corrected chi connectivity index (χ2v) is 4.68. The van der Waals surface area contributed by atoms with Gasteiger partial charge < -0.3 is 10.7 Å². The first-order valence-corrected chi connectivity index (χ1v) is 6.34. The van der Waals surface area contributed by atoms with Crippen LogP contribution in [0.2, 0.25) is 0 Å². The van der Waals surface area contributed by atoms with E-state index in [0.717, 1.165) is 4.90 Å². The van der Waals surface area contributed by atoms with E-state index in [9.17, 15) is 14.4 Å². The fourth-order valence-electron chi connectivity index (χ4n) is 2.40. The fraction of sp³-hybridized carbons (Fsp3) is 0.143. The average molecular weight is 284 g/mol. The van der Waals surface area contributed by atoms with Crippen molar-refractivity contribution in [1.82, 2.24) is 14.9 Å². The molecule has 1 aromatic heterocycles. The molecule has 2 aromatic rings. The second-order valence-electron chi connectivity index (χ2n) is 4.68. The predicted octanol–water partition coefficient (Wildman–Crippen LogP) is 0.102. The van der Waals surface area contributed by atoms with E-state index >= 15 is 0 Å². The van der Waals surface area contributed by atoms with Gasteiger partial charge in [0, 0.05) is 18.8 Å². The molecule has 0 fully saturated rings. The lowest BCUT2D eigenvalue weighted by Crippen LogP contribution is -2.49. The van der Waals surface area contributed by atoms with E-state index in [0.29, 0.717) is 5.82 Å². The Morgan fingerprint density at radius 3 is 2.33 bits per heavy atom. The number of nitrogens with one attached hydrogen (secondary N) is 1. The summed E-state index contributed by atoms with van der Waals surface area (Å²) in [7, 11) is 0. The number of fused-ring (bicyclic) bond motifs is 1. The predicted molar refractivity (Wildman–Crippen MR) is 72.2 cm³/mol. The van der Waals surface area contributed by atoms with E-state index in [1.165, 1.54) is 6.20 Å². The number of amides is 3. The molecule has 7 nitrogen and oxygen atoms in total. The standard InChI is InChI=1S/C14H12N4O3/c15-12(19)10(7-11-16-5-6-17-11)18-13(20)8-3-1-2-4-9(8)14(18)21/h1-6,10H,7H2,(H2,15,19)(H,16,17). The molecule has 0 radical (unpaired) electrons. The summed E-state index contributed by atoms with van der Waals surface area (Å²) in [5.41, 5.74) is 5.94. The molecule has 106 valence electrons. The summed E-state index contributed by atoms with van der Waals surface area (Å²) in [6.45, 7) is 0. The third kappa shape index (κ3) is 2.08. The van der Waals surface area contributed by atoms with Crippen LogP contribution in [0.1, 0.15) is 26.5 Å². The quantitative estimate of drug-likeness (QED) is 0.776. The number of H-pyrrole nitrogens is 1. The number of hydrogen-bond acceptors (Lipinski definition) is 4. The highest BCUT2D eigenvalue weighted by Gasteiger charge is 2.42. The van der Waals surface area contributed by atoms with Crippen molar-refractivity contribution in [3.05, 3.63) is 53.6 Å². The molecule has 1 aliphatic rings. The van der Waals surface area contributed by atoms with Crippen LogP contribution in [0.4, 0.5) is 0 Å². The number of aromatic amines is 1. The number of rotatable bonds is 4. The first-order valence-electron chi connectivity index (χ1n) is 6.34. The van der Waals surface area contributed by atoms with Gasteiger partial charge in [0.2, 0.25) is 5.91 Å². The Labute approximate surface area is 119 Å². The monoisotopic (exact) mass is 284 g/mol. The summed E-state index contributed by atoms with van der Waals surface area (Å²) >= 11 is 0. The Bertz CT molecular complexity index is 689. The number of hydrogen-bond donors (Lipinski definition) is 2. The number of aromatic nitrogens is 2. The third-order valence-electron chi connectivity index (χ3n) is 3.41. The molecule has 7 heteroatoms. The average Bonchev–Trinajstić information content (AvgIpc) is 3.06. The molecule has 1 unspecified atom stereocenters. The molecule has 0 saturated carbocycles. The van der Waals surface area contributed by atoms with Gasteiger partial charge in [0.15, 0.2) is 0 Å². The van der Waals surface area contributed by atoms with Crippen molar-refractivity contribution in [1.29, 1.82) is 0 Å². The smallest absolute Gasteiger partial charge is 0.262 e. The summed E-state index contributed by atoms with van der Waals surface area (Å²) in [5, 5.41) is 0. The van der Waals surface area contributed by atoms with E-state index in [2.05, 4.69) is 9.97 Å². The number of imide groups is 1. The fourth-order valence-corrected chi connectivity index (χ4v) is 2.40. The number of nitrogens with two attached hydrogens (primary N) is 1. The molecule has 3 rings (SSSR count). The first kappa shape index (κ1) is 13.0. The Hall–Kier alpha value is -2.96. The second kappa shape index (κ2) is 4.86. The zero-order valence-electron chi connectivity index (χ0n) is 10.9. The maximum atomic E-state index is 12.3. The minimum Gasteiger partial charge on any atom is -0.368 e. The number of benzene rings is 1. The molecule has 0 spiro atoms. The zero-order chi connectivity index (χ0) is 15.0. The molecular weight excluding hydrogens is 272 g/mol. The minimum atomic E-state index is -1.07. The van der Waals surface area contributed by atoms with Gasteiger partial charge in [-0.2, -0.15) is 0 Å². The number of imidazole rings is 1. The maximum absolute atomic E-state index is 12.3. The molecule has 0 saturated heterocycles. The van der Waals surface area contributed by atoms with Crippen molar-refractivity contribution >= 4 is 17.7 Å². The van der Waals surface area contributed by atoms with Crippen LogP contribution in [0.3, 0.4) is 0 Å². The van der Waals surface area contributed by atoms with Gasteiger partial charge in [-0.1, -0.05) is 12.1 Å². The Morgan fingerprint density at radius 2 is 1.86 bits per heavy atom. The number of nitrogens with zero attached hydrogens (tertiary/aromatic N) is 2. The molecule has 3 N–H and O–H groups in total. The van der Waals surface area contributed by atoms with E-state index < -0.39 is 23.8 Å². The van der Waals surface area contributed by atoms with Gasteiger partial charge in [0.05, 0.1) is 11.1 Å². The van der Waals surface area contributed by atoms with Crippen molar-refractivity contribution in [3.63, 3.8) is 0 Å². The largest absolute Gasteiger partial charge is 0.368 e. The van der Waals surface area contributed by atoms with Crippen molar-refractivity contribution in [3.8, 4) is 0 Å².